The third-order valence-electron chi connectivity index (χ3n) is 3.75. The number of rotatable bonds is 6. The molecule has 0 fully saturated rings. The summed E-state index contributed by atoms with van der Waals surface area (Å²) < 4.78 is 1.94. The molecule has 2 aromatic heterocycles. The van der Waals surface area contributed by atoms with Gasteiger partial charge in [-0.3, -0.25) is 9.20 Å². The summed E-state index contributed by atoms with van der Waals surface area (Å²) in [4.78, 5) is 12.3. The molecule has 0 spiro atoms. The van der Waals surface area contributed by atoms with Crippen molar-refractivity contribution in [2.75, 3.05) is 0 Å². The summed E-state index contributed by atoms with van der Waals surface area (Å²) in [5.41, 5.74) is 0.800. The van der Waals surface area contributed by atoms with Gasteiger partial charge in [-0.15, -0.1) is 10.2 Å². The van der Waals surface area contributed by atoms with Gasteiger partial charge in [0.25, 0.3) is 0 Å². The van der Waals surface area contributed by atoms with E-state index < -0.39 is 0 Å². The van der Waals surface area contributed by atoms with E-state index in [9.17, 15) is 4.79 Å². The van der Waals surface area contributed by atoms with E-state index in [0.29, 0.717) is 0 Å². The first-order valence-corrected chi connectivity index (χ1v) is 7.64. The van der Waals surface area contributed by atoms with Gasteiger partial charge in [0.15, 0.2) is 11.5 Å². The van der Waals surface area contributed by atoms with E-state index in [4.69, 9.17) is 0 Å². The van der Waals surface area contributed by atoms with Crippen LogP contribution in [0.25, 0.3) is 5.65 Å². The highest BCUT2D eigenvalue weighted by atomic mass is 16.1. The lowest BCUT2D eigenvalue weighted by molar-refractivity contribution is -0.125. The van der Waals surface area contributed by atoms with Crippen molar-refractivity contribution in [3.05, 3.63) is 30.2 Å². The topological polar surface area (TPSA) is 59.3 Å². The molecule has 0 aliphatic carbocycles. The predicted molar refractivity (Wildman–Crippen MR) is 82.8 cm³/mol. The summed E-state index contributed by atoms with van der Waals surface area (Å²) in [6, 6.07) is 5.66. The SMILES string of the molecule is CCC[C@@H](C)C(=O)N[C@@H](c1nnc2ccccn12)C(C)C. The zero-order valence-corrected chi connectivity index (χ0v) is 13.2. The highest BCUT2D eigenvalue weighted by Gasteiger charge is 2.25. The van der Waals surface area contributed by atoms with Crippen molar-refractivity contribution in [1.82, 2.24) is 19.9 Å². The Morgan fingerprint density at radius 1 is 1.29 bits per heavy atom. The van der Waals surface area contributed by atoms with Crippen LogP contribution in [0.4, 0.5) is 0 Å². The molecule has 0 saturated heterocycles. The van der Waals surface area contributed by atoms with Crippen molar-refractivity contribution < 1.29 is 4.79 Å². The molecule has 114 valence electrons. The number of pyridine rings is 1. The molecule has 5 nitrogen and oxygen atoms in total. The minimum atomic E-state index is -0.130. The predicted octanol–water partition coefficient (Wildman–Crippen LogP) is 2.98. The summed E-state index contributed by atoms with van der Waals surface area (Å²) in [6.45, 7) is 8.23. The molecule has 0 saturated carbocycles. The Labute approximate surface area is 125 Å². The van der Waals surface area contributed by atoms with Crippen LogP contribution in [-0.2, 0) is 4.79 Å². The molecule has 2 atom stereocenters. The summed E-state index contributed by atoms with van der Waals surface area (Å²) in [7, 11) is 0. The highest BCUT2D eigenvalue weighted by Crippen LogP contribution is 2.21. The number of hydrogen-bond acceptors (Lipinski definition) is 3. The quantitative estimate of drug-likeness (QED) is 0.889. The van der Waals surface area contributed by atoms with Crippen molar-refractivity contribution in [2.24, 2.45) is 11.8 Å². The second kappa shape index (κ2) is 6.70. The third kappa shape index (κ3) is 3.40. The molecular weight excluding hydrogens is 264 g/mol. The Hall–Kier alpha value is -1.91. The molecular formula is C16H24N4O. The van der Waals surface area contributed by atoms with Gasteiger partial charge < -0.3 is 5.32 Å². The van der Waals surface area contributed by atoms with Crippen molar-refractivity contribution in [3.8, 4) is 0 Å². The van der Waals surface area contributed by atoms with Gasteiger partial charge in [0.1, 0.15) is 0 Å². The first-order valence-electron chi connectivity index (χ1n) is 7.64. The van der Waals surface area contributed by atoms with Gasteiger partial charge in [-0.2, -0.15) is 0 Å². The molecule has 21 heavy (non-hydrogen) atoms. The zero-order chi connectivity index (χ0) is 15.4. The average molecular weight is 288 g/mol. The van der Waals surface area contributed by atoms with E-state index in [1.165, 1.54) is 0 Å². The van der Waals surface area contributed by atoms with Crippen LogP contribution in [0.3, 0.4) is 0 Å². The lowest BCUT2D eigenvalue weighted by atomic mass is 10.0. The molecule has 5 heteroatoms. The van der Waals surface area contributed by atoms with Crippen LogP contribution < -0.4 is 5.32 Å². The highest BCUT2D eigenvalue weighted by molar-refractivity contribution is 5.78. The molecule has 2 aromatic rings. The Balaban J connectivity index is 2.25. The van der Waals surface area contributed by atoms with Gasteiger partial charge in [-0.25, -0.2) is 0 Å². The molecule has 0 unspecified atom stereocenters. The minimum Gasteiger partial charge on any atom is -0.346 e. The fraction of sp³-hybridized carbons (Fsp3) is 0.562. The summed E-state index contributed by atoms with van der Waals surface area (Å²) in [5, 5.41) is 11.6. The molecule has 2 heterocycles. The molecule has 0 bridgehead atoms. The Kier molecular flexibility index (Phi) is 4.94. The molecule has 1 amide bonds. The van der Waals surface area contributed by atoms with Gasteiger partial charge >= 0.3 is 0 Å². The smallest absolute Gasteiger partial charge is 0.223 e. The van der Waals surface area contributed by atoms with Crippen LogP contribution in [0.15, 0.2) is 24.4 Å². The Bertz CT molecular complexity index is 605. The van der Waals surface area contributed by atoms with Crippen LogP contribution in [0.1, 0.15) is 52.4 Å². The van der Waals surface area contributed by atoms with Gasteiger partial charge in [0, 0.05) is 12.1 Å². The lowest BCUT2D eigenvalue weighted by Crippen LogP contribution is -2.36. The minimum absolute atomic E-state index is 0.0236. The number of aromatic nitrogens is 3. The van der Waals surface area contributed by atoms with Gasteiger partial charge in [0.2, 0.25) is 5.91 Å². The standard InChI is InChI=1S/C16H24N4O/c1-5-8-12(4)16(21)17-14(11(2)3)15-19-18-13-9-6-7-10-20(13)15/h6-7,9-12,14H,5,8H2,1-4H3,(H,17,21)/t12-,14-/m1/s1. The largest absolute Gasteiger partial charge is 0.346 e. The summed E-state index contributed by atoms with van der Waals surface area (Å²) in [5.74, 6) is 1.15. The Morgan fingerprint density at radius 3 is 2.71 bits per heavy atom. The number of amides is 1. The maximum absolute atomic E-state index is 12.3. The molecule has 2 rings (SSSR count). The van der Waals surface area contributed by atoms with Crippen molar-refractivity contribution in [2.45, 2.75) is 46.6 Å². The van der Waals surface area contributed by atoms with Gasteiger partial charge in [0.05, 0.1) is 6.04 Å². The molecule has 0 aromatic carbocycles. The lowest BCUT2D eigenvalue weighted by Gasteiger charge is -2.22. The number of fused-ring (bicyclic) bond motifs is 1. The van der Waals surface area contributed by atoms with Crippen LogP contribution >= 0.6 is 0 Å². The van der Waals surface area contributed by atoms with Crippen LogP contribution in [-0.4, -0.2) is 20.5 Å². The van der Waals surface area contributed by atoms with E-state index in [0.717, 1.165) is 24.3 Å². The second-order valence-corrected chi connectivity index (χ2v) is 5.91. The zero-order valence-electron chi connectivity index (χ0n) is 13.2. The number of nitrogens with zero attached hydrogens (tertiary/aromatic N) is 3. The van der Waals surface area contributed by atoms with Crippen molar-refractivity contribution in [3.63, 3.8) is 0 Å². The van der Waals surface area contributed by atoms with E-state index in [1.807, 2.05) is 35.7 Å². The Morgan fingerprint density at radius 2 is 2.05 bits per heavy atom. The normalized spacial score (nSPS) is 14.3. The number of hydrogen-bond donors (Lipinski definition) is 1. The fourth-order valence-corrected chi connectivity index (χ4v) is 2.46. The molecule has 0 aliphatic heterocycles. The molecule has 0 radical (unpaired) electrons. The maximum Gasteiger partial charge on any atom is 0.223 e. The maximum atomic E-state index is 12.3. The van der Waals surface area contributed by atoms with Crippen LogP contribution in [0.2, 0.25) is 0 Å². The third-order valence-corrected chi connectivity index (χ3v) is 3.75. The molecule has 1 N–H and O–H groups in total. The first kappa shape index (κ1) is 15.5. The van der Waals surface area contributed by atoms with Gasteiger partial charge in [-0.1, -0.05) is 40.2 Å². The summed E-state index contributed by atoms with van der Waals surface area (Å²) >= 11 is 0. The number of nitrogens with one attached hydrogen (secondary N) is 1. The second-order valence-electron chi connectivity index (χ2n) is 5.91. The van der Waals surface area contributed by atoms with E-state index in [1.54, 1.807) is 0 Å². The number of carbonyl (C=O) groups excluding carboxylic acids is 1. The van der Waals surface area contributed by atoms with E-state index in [-0.39, 0.29) is 23.8 Å². The van der Waals surface area contributed by atoms with E-state index in [2.05, 4.69) is 36.3 Å². The first-order chi connectivity index (χ1) is 10.0. The van der Waals surface area contributed by atoms with Crippen LogP contribution in [0, 0.1) is 11.8 Å². The van der Waals surface area contributed by atoms with Crippen LogP contribution in [0.5, 0.6) is 0 Å². The summed E-state index contributed by atoms with van der Waals surface area (Å²) in [6.07, 6.45) is 3.84. The van der Waals surface area contributed by atoms with E-state index >= 15 is 0 Å². The monoisotopic (exact) mass is 288 g/mol. The van der Waals surface area contributed by atoms with Crippen molar-refractivity contribution >= 4 is 11.6 Å². The average Bonchev–Trinajstić information content (AvgIpc) is 2.88. The van der Waals surface area contributed by atoms with Gasteiger partial charge in [-0.05, 0) is 24.5 Å². The number of carbonyl (C=O) groups is 1. The fourth-order valence-electron chi connectivity index (χ4n) is 2.46. The van der Waals surface area contributed by atoms with Crippen molar-refractivity contribution in [1.29, 1.82) is 0 Å². The molecule has 0 aliphatic rings.